The van der Waals surface area contributed by atoms with Gasteiger partial charge in [0.2, 0.25) is 0 Å². The maximum atomic E-state index is 11.6. The Balaban J connectivity index is 2.13. The van der Waals surface area contributed by atoms with Crippen LogP contribution in [0.4, 0.5) is 0 Å². The van der Waals surface area contributed by atoms with Crippen molar-refractivity contribution in [3.05, 3.63) is 35.4 Å². The molecule has 84 valence electrons. The van der Waals surface area contributed by atoms with E-state index >= 15 is 0 Å². The van der Waals surface area contributed by atoms with Gasteiger partial charge < -0.3 is 5.11 Å². The van der Waals surface area contributed by atoms with Crippen LogP contribution in [-0.4, -0.2) is 10.9 Å². The van der Waals surface area contributed by atoms with Gasteiger partial charge in [-0.2, -0.15) is 5.26 Å². The average molecular weight is 225 g/mol. The molecule has 17 heavy (non-hydrogen) atoms. The minimum atomic E-state index is -0.225. The number of phenols is 1. The van der Waals surface area contributed by atoms with E-state index in [4.69, 9.17) is 5.26 Å². The van der Waals surface area contributed by atoms with Crippen molar-refractivity contribution in [2.24, 2.45) is 11.8 Å². The summed E-state index contributed by atoms with van der Waals surface area (Å²) in [7, 11) is 0. The average Bonchev–Trinajstić information content (AvgIpc) is 2.65. The predicted octanol–water partition coefficient (Wildman–Crippen LogP) is 2.06. The molecule has 2 aliphatic carbocycles. The third kappa shape index (κ3) is 1.45. The normalized spacial score (nSPS) is 25.8. The fourth-order valence-corrected chi connectivity index (χ4v) is 2.85. The number of carbonyl (C=O) groups excluding carboxylic acids is 1. The molecule has 3 nitrogen and oxygen atoms in total. The molecule has 0 saturated heterocycles. The van der Waals surface area contributed by atoms with E-state index in [-0.39, 0.29) is 23.4 Å². The van der Waals surface area contributed by atoms with Gasteiger partial charge in [0.1, 0.15) is 5.75 Å². The molecule has 0 heterocycles. The van der Waals surface area contributed by atoms with Crippen molar-refractivity contribution in [3.63, 3.8) is 0 Å². The Kier molecular flexibility index (Phi) is 2.05. The Bertz CT molecular complexity index is 580. The lowest BCUT2D eigenvalue weighted by Gasteiger charge is -2.21. The van der Waals surface area contributed by atoms with Gasteiger partial charge in [-0.05, 0) is 41.3 Å². The molecule has 0 saturated carbocycles. The quantitative estimate of drug-likeness (QED) is 0.735. The molecule has 0 aliphatic heterocycles. The highest BCUT2D eigenvalue weighted by molar-refractivity contribution is 6.00. The van der Waals surface area contributed by atoms with Gasteiger partial charge in [-0.15, -0.1) is 0 Å². The lowest BCUT2D eigenvalue weighted by Crippen LogP contribution is -2.21. The van der Waals surface area contributed by atoms with Gasteiger partial charge in [-0.1, -0.05) is 6.07 Å². The first-order valence-electron chi connectivity index (χ1n) is 5.65. The Morgan fingerprint density at radius 2 is 2.18 bits per heavy atom. The number of rotatable bonds is 0. The number of hydrogen-bond acceptors (Lipinski definition) is 3. The summed E-state index contributed by atoms with van der Waals surface area (Å²) in [5.74, 6) is 0.165. The molecule has 1 aromatic rings. The van der Waals surface area contributed by atoms with E-state index in [0.29, 0.717) is 6.42 Å². The summed E-state index contributed by atoms with van der Waals surface area (Å²) in [5.41, 5.74) is 3.03. The van der Waals surface area contributed by atoms with Crippen molar-refractivity contribution in [2.75, 3.05) is 0 Å². The Morgan fingerprint density at radius 3 is 2.94 bits per heavy atom. The van der Waals surface area contributed by atoms with Crippen molar-refractivity contribution >= 4 is 11.4 Å². The summed E-state index contributed by atoms with van der Waals surface area (Å²) in [4.78, 5) is 11.6. The summed E-state index contributed by atoms with van der Waals surface area (Å²) in [6.45, 7) is 0. The molecular formula is C14H11NO2. The van der Waals surface area contributed by atoms with Crippen LogP contribution in [0.1, 0.15) is 17.5 Å². The zero-order valence-corrected chi connectivity index (χ0v) is 9.18. The molecule has 0 fully saturated rings. The minimum absolute atomic E-state index is 0.0312. The van der Waals surface area contributed by atoms with Gasteiger partial charge in [0.25, 0.3) is 0 Å². The van der Waals surface area contributed by atoms with Crippen LogP contribution in [-0.2, 0) is 11.2 Å². The van der Waals surface area contributed by atoms with Crippen LogP contribution in [0, 0.1) is 23.2 Å². The number of phenolic OH excluding ortho intramolecular Hbond substituents is 1. The Hall–Kier alpha value is -2.08. The molecule has 0 aromatic heterocycles. The van der Waals surface area contributed by atoms with Crippen LogP contribution < -0.4 is 0 Å². The Morgan fingerprint density at radius 1 is 1.35 bits per heavy atom. The minimum Gasteiger partial charge on any atom is -0.508 e. The smallest absolute Gasteiger partial charge is 0.157 e. The van der Waals surface area contributed by atoms with Crippen LogP contribution >= 0.6 is 0 Å². The maximum Gasteiger partial charge on any atom is 0.157 e. The van der Waals surface area contributed by atoms with Crippen molar-refractivity contribution in [1.29, 1.82) is 5.26 Å². The van der Waals surface area contributed by atoms with Crippen molar-refractivity contribution in [3.8, 4) is 11.8 Å². The van der Waals surface area contributed by atoms with E-state index in [2.05, 4.69) is 6.07 Å². The first-order chi connectivity index (χ1) is 8.19. The van der Waals surface area contributed by atoms with Crippen LogP contribution in [0.15, 0.2) is 24.3 Å². The summed E-state index contributed by atoms with van der Waals surface area (Å²) < 4.78 is 0. The van der Waals surface area contributed by atoms with Gasteiger partial charge in [0, 0.05) is 12.3 Å². The first kappa shape index (κ1) is 10.1. The van der Waals surface area contributed by atoms with E-state index in [0.717, 1.165) is 23.1 Å². The van der Waals surface area contributed by atoms with Crippen LogP contribution in [0.25, 0.3) is 5.57 Å². The molecule has 3 rings (SSSR count). The number of fused-ring (bicyclic) bond motifs is 3. The summed E-state index contributed by atoms with van der Waals surface area (Å²) in [5, 5.41) is 18.6. The number of hydrogen-bond donors (Lipinski definition) is 1. The molecule has 2 unspecified atom stereocenters. The van der Waals surface area contributed by atoms with Gasteiger partial charge in [-0.3, -0.25) is 4.79 Å². The second-order valence-electron chi connectivity index (χ2n) is 4.66. The second kappa shape index (κ2) is 3.46. The molecule has 0 bridgehead atoms. The fraction of sp³-hybridized carbons (Fsp3) is 0.286. The zero-order valence-electron chi connectivity index (χ0n) is 9.18. The van der Waals surface area contributed by atoms with Crippen molar-refractivity contribution < 1.29 is 9.90 Å². The van der Waals surface area contributed by atoms with Crippen LogP contribution in [0.5, 0.6) is 5.75 Å². The highest BCUT2D eigenvalue weighted by Gasteiger charge is 2.37. The number of aromatic hydroxyl groups is 1. The van der Waals surface area contributed by atoms with Gasteiger partial charge >= 0.3 is 0 Å². The van der Waals surface area contributed by atoms with Crippen LogP contribution in [0.2, 0.25) is 0 Å². The molecule has 3 heteroatoms. The maximum absolute atomic E-state index is 11.6. The van der Waals surface area contributed by atoms with E-state index in [1.165, 1.54) is 0 Å². The third-order valence-electron chi connectivity index (χ3n) is 3.63. The summed E-state index contributed by atoms with van der Waals surface area (Å²) in [6, 6.07) is 7.42. The third-order valence-corrected chi connectivity index (χ3v) is 3.63. The largest absolute Gasteiger partial charge is 0.508 e. The molecule has 2 aliphatic rings. The highest BCUT2D eigenvalue weighted by Crippen LogP contribution is 2.45. The number of ketones is 1. The fourth-order valence-electron chi connectivity index (χ4n) is 2.85. The van der Waals surface area contributed by atoms with Gasteiger partial charge in [-0.25, -0.2) is 0 Å². The van der Waals surface area contributed by atoms with E-state index in [1.807, 2.05) is 6.07 Å². The van der Waals surface area contributed by atoms with Crippen molar-refractivity contribution in [1.82, 2.24) is 0 Å². The van der Waals surface area contributed by atoms with Crippen molar-refractivity contribution in [2.45, 2.75) is 12.8 Å². The monoisotopic (exact) mass is 225 g/mol. The zero-order chi connectivity index (χ0) is 12.0. The lowest BCUT2D eigenvalue weighted by molar-refractivity contribution is -0.115. The SMILES string of the molecule is N#CC1CC(=O)C=C2c3ccc(O)cc3CC21. The number of carbonyl (C=O) groups is 1. The number of nitrogens with zero attached hydrogens (tertiary/aromatic N) is 1. The Labute approximate surface area is 99.0 Å². The predicted molar refractivity (Wildman–Crippen MR) is 62.0 cm³/mol. The molecule has 0 radical (unpaired) electrons. The molecule has 2 atom stereocenters. The highest BCUT2D eigenvalue weighted by atomic mass is 16.3. The van der Waals surface area contributed by atoms with E-state index in [1.54, 1.807) is 18.2 Å². The lowest BCUT2D eigenvalue weighted by atomic mass is 9.79. The molecule has 0 amide bonds. The van der Waals surface area contributed by atoms with E-state index in [9.17, 15) is 9.90 Å². The number of nitriles is 1. The molecular weight excluding hydrogens is 214 g/mol. The second-order valence-corrected chi connectivity index (χ2v) is 4.66. The standard InChI is InChI=1S/C14H11NO2/c15-7-9-4-11(17)6-14-12-2-1-10(16)3-8(12)5-13(9)14/h1-3,6,9,13,16H,4-5H2. The van der Waals surface area contributed by atoms with Crippen LogP contribution in [0.3, 0.4) is 0 Å². The summed E-state index contributed by atoms with van der Waals surface area (Å²) >= 11 is 0. The van der Waals surface area contributed by atoms with Gasteiger partial charge in [0.05, 0.1) is 12.0 Å². The van der Waals surface area contributed by atoms with E-state index < -0.39 is 0 Å². The summed E-state index contributed by atoms with van der Waals surface area (Å²) in [6.07, 6.45) is 2.74. The molecule has 0 spiro atoms. The number of allylic oxidation sites excluding steroid dienone is 2. The first-order valence-corrected chi connectivity index (χ1v) is 5.65. The topological polar surface area (TPSA) is 61.1 Å². The number of benzene rings is 1. The van der Waals surface area contributed by atoms with Gasteiger partial charge in [0.15, 0.2) is 5.78 Å². The molecule has 1 aromatic carbocycles. The molecule has 1 N–H and O–H groups in total.